The number of fused-ring (bicyclic) bond motifs is 1. The molecule has 0 spiro atoms. The van der Waals surface area contributed by atoms with Crippen molar-refractivity contribution in [1.29, 1.82) is 5.41 Å². The van der Waals surface area contributed by atoms with Gasteiger partial charge in [-0.1, -0.05) is 110 Å². The summed E-state index contributed by atoms with van der Waals surface area (Å²) in [6, 6.07) is 34.2. The van der Waals surface area contributed by atoms with Gasteiger partial charge in [0, 0.05) is 53.3 Å². The summed E-state index contributed by atoms with van der Waals surface area (Å²) in [6.45, 7) is 8.16. The molecule has 4 aromatic carbocycles. The van der Waals surface area contributed by atoms with Gasteiger partial charge in [0.05, 0.1) is 11.6 Å². The number of ketones is 1. The van der Waals surface area contributed by atoms with E-state index in [-0.39, 0.29) is 11.7 Å². The van der Waals surface area contributed by atoms with Crippen molar-refractivity contribution >= 4 is 28.4 Å². The van der Waals surface area contributed by atoms with Crippen LogP contribution < -0.4 is 11.1 Å². The SMILES string of the molecule is C=C([C@@H](Cc1c[nH]c2ccccc12)NC(=O)C(C)(C)N)N(Cc1ccc(C(=O)c2ccccc2)cc1)C(=N)CCc1ccccc1. The Kier molecular flexibility index (Phi) is 9.94. The van der Waals surface area contributed by atoms with Gasteiger partial charge in [0.1, 0.15) is 5.84 Å². The molecule has 0 fully saturated rings. The summed E-state index contributed by atoms with van der Waals surface area (Å²) in [6.07, 6.45) is 3.57. The first-order chi connectivity index (χ1) is 22.1. The minimum Gasteiger partial charge on any atom is -0.361 e. The number of aromatic amines is 1. The molecule has 0 saturated heterocycles. The maximum absolute atomic E-state index is 13.3. The average Bonchev–Trinajstić information content (AvgIpc) is 3.48. The van der Waals surface area contributed by atoms with Crippen molar-refractivity contribution in [2.24, 2.45) is 5.73 Å². The van der Waals surface area contributed by atoms with Gasteiger partial charge in [-0.25, -0.2) is 0 Å². The largest absolute Gasteiger partial charge is 0.361 e. The number of rotatable bonds is 13. The topological polar surface area (TPSA) is 115 Å². The van der Waals surface area contributed by atoms with Crippen molar-refractivity contribution in [2.45, 2.75) is 51.2 Å². The monoisotopic (exact) mass is 611 g/mol. The molecule has 1 heterocycles. The van der Waals surface area contributed by atoms with E-state index in [1.54, 1.807) is 26.0 Å². The minimum absolute atomic E-state index is 0.0464. The van der Waals surface area contributed by atoms with Crippen molar-refractivity contribution < 1.29 is 9.59 Å². The summed E-state index contributed by atoms with van der Waals surface area (Å²) in [7, 11) is 0. The Bertz CT molecular complexity index is 1820. The van der Waals surface area contributed by atoms with E-state index in [9.17, 15) is 15.0 Å². The molecule has 7 nitrogen and oxygen atoms in total. The molecule has 234 valence electrons. The van der Waals surface area contributed by atoms with Gasteiger partial charge in [-0.2, -0.15) is 0 Å². The third-order valence-corrected chi connectivity index (χ3v) is 8.15. The van der Waals surface area contributed by atoms with Crippen molar-refractivity contribution in [1.82, 2.24) is 15.2 Å². The van der Waals surface area contributed by atoms with Crippen LogP contribution in [-0.4, -0.2) is 39.0 Å². The summed E-state index contributed by atoms with van der Waals surface area (Å²) >= 11 is 0. The number of para-hydroxylation sites is 1. The van der Waals surface area contributed by atoms with E-state index in [1.165, 1.54) is 0 Å². The Labute approximate surface area is 270 Å². The van der Waals surface area contributed by atoms with Crippen LogP contribution in [0.4, 0.5) is 0 Å². The lowest BCUT2D eigenvalue weighted by Gasteiger charge is -2.34. The molecular formula is C39H41N5O2. The molecule has 0 aliphatic carbocycles. The fourth-order valence-electron chi connectivity index (χ4n) is 5.42. The average molecular weight is 612 g/mol. The van der Waals surface area contributed by atoms with Gasteiger partial charge in [-0.3, -0.25) is 15.0 Å². The molecule has 0 radical (unpaired) electrons. The van der Waals surface area contributed by atoms with E-state index in [2.05, 4.69) is 29.0 Å². The number of hydrogen-bond donors (Lipinski definition) is 4. The third kappa shape index (κ3) is 7.86. The van der Waals surface area contributed by atoms with Crippen molar-refractivity contribution in [3.05, 3.63) is 155 Å². The lowest BCUT2D eigenvalue weighted by atomic mass is 9.98. The van der Waals surface area contributed by atoms with Gasteiger partial charge in [0.15, 0.2) is 5.78 Å². The number of nitrogens with zero attached hydrogens (tertiary/aromatic N) is 1. The highest BCUT2D eigenvalue weighted by Crippen LogP contribution is 2.24. The van der Waals surface area contributed by atoms with Crippen molar-refractivity contribution in [3.8, 4) is 0 Å². The molecular weight excluding hydrogens is 570 g/mol. The third-order valence-electron chi connectivity index (χ3n) is 8.15. The van der Waals surface area contributed by atoms with Gasteiger partial charge >= 0.3 is 0 Å². The Balaban J connectivity index is 1.44. The van der Waals surface area contributed by atoms with Gasteiger partial charge < -0.3 is 20.9 Å². The highest BCUT2D eigenvalue weighted by molar-refractivity contribution is 6.08. The number of carbonyl (C=O) groups is 2. The number of nitrogens with two attached hydrogens (primary N) is 1. The fraction of sp³-hybridized carbons (Fsp3) is 0.205. The van der Waals surface area contributed by atoms with Crippen LogP contribution in [-0.2, 0) is 24.2 Å². The molecule has 1 amide bonds. The van der Waals surface area contributed by atoms with Crippen LogP contribution in [0.2, 0.25) is 0 Å². The van der Waals surface area contributed by atoms with E-state index in [4.69, 9.17) is 5.73 Å². The quantitative estimate of drug-likeness (QED) is 0.0667. The number of amidine groups is 1. The number of hydrogen-bond acceptors (Lipinski definition) is 4. The van der Waals surface area contributed by atoms with Gasteiger partial charge in [0.2, 0.25) is 5.91 Å². The minimum atomic E-state index is -1.11. The molecule has 7 heteroatoms. The lowest BCUT2D eigenvalue weighted by molar-refractivity contribution is -0.125. The number of aromatic nitrogens is 1. The van der Waals surface area contributed by atoms with Crippen LogP contribution in [0.5, 0.6) is 0 Å². The first kappa shape index (κ1) is 32.1. The molecule has 1 aromatic heterocycles. The summed E-state index contributed by atoms with van der Waals surface area (Å²) in [5.41, 5.74) is 11.0. The van der Waals surface area contributed by atoms with Gasteiger partial charge in [-0.05, 0) is 43.0 Å². The molecule has 0 unspecified atom stereocenters. The number of H-pyrrole nitrogens is 1. The van der Waals surface area contributed by atoms with E-state index >= 15 is 0 Å². The predicted molar refractivity (Wildman–Crippen MR) is 186 cm³/mol. The highest BCUT2D eigenvalue weighted by Gasteiger charge is 2.29. The fourth-order valence-corrected chi connectivity index (χ4v) is 5.42. The summed E-state index contributed by atoms with van der Waals surface area (Å²) < 4.78 is 0. The number of amides is 1. The predicted octanol–water partition coefficient (Wildman–Crippen LogP) is 6.79. The zero-order chi connectivity index (χ0) is 32.7. The highest BCUT2D eigenvalue weighted by atomic mass is 16.2. The second-order valence-corrected chi connectivity index (χ2v) is 12.2. The van der Waals surface area contributed by atoms with E-state index < -0.39 is 11.6 Å². The summed E-state index contributed by atoms with van der Waals surface area (Å²) in [4.78, 5) is 31.5. The van der Waals surface area contributed by atoms with Crippen LogP contribution in [0.3, 0.4) is 0 Å². The Hall–Kier alpha value is -5.27. The number of carbonyl (C=O) groups excluding carboxylic acids is 2. The summed E-state index contributed by atoms with van der Waals surface area (Å²) in [5, 5.41) is 13.4. The first-order valence-corrected chi connectivity index (χ1v) is 15.5. The Morgan fingerprint density at radius 3 is 2.15 bits per heavy atom. The normalized spacial score (nSPS) is 12.0. The molecule has 46 heavy (non-hydrogen) atoms. The van der Waals surface area contributed by atoms with Crippen molar-refractivity contribution in [2.75, 3.05) is 0 Å². The van der Waals surface area contributed by atoms with Crippen LogP contribution in [0, 0.1) is 5.41 Å². The molecule has 0 bridgehead atoms. The number of benzene rings is 4. The number of aryl methyl sites for hydroxylation is 1. The molecule has 0 saturated carbocycles. The van der Waals surface area contributed by atoms with Gasteiger partial charge in [-0.15, -0.1) is 0 Å². The van der Waals surface area contributed by atoms with E-state index in [1.807, 2.05) is 96.0 Å². The maximum Gasteiger partial charge on any atom is 0.240 e. The van der Waals surface area contributed by atoms with E-state index in [0.29, 0.717) is 48.5 Å². The molecule has 0 aliphatic rings. The Morgan fingerprint density at radius 1 is 0.870 bits per heavy atom. The maximum atomic E-state index is 13.3. The Morgan fingerprint density at radius 2 is 1.48 bits per heavy atom. The second-order valence-electron chi connectivity index (χ2n) is 12.2. The standard InChI is InChI=1S/C39H41N5O2/c1-27(35(43-38(46)39(2,3)41)24-32-25-42-34-17-11-10-16-33(32)34)44(36(40)23-20-28-12-6-4-7-13-28)26-29-18-21-31(22-19-29)37(45)30-14-8-5-9-15-30/h4-19,21-22,25,35,40,42H,1,20,23-24,26,41H2,2-3H3,(H,43,46)/t35-/m1/s1. The molecule has 1 atom stereocenters. The van der Waals surface area contributed by atoms with Crippen LogP contribution in [0.15, 0.2) is 128 Å². The van der Waals surface area contributed by atoms with E-state index in [0.717, 1.165) is 27.6 Å². The molecule has 5 aromatic rings. The zero-order valence-electron chi connectivity index (χ0n) is 26.4. The van der Waals surface area contributed by atoms with Crippen LogP contribution >= 0.6 is 0 Å². The molecule has 5 N–H and O–H groups in total. The van der Waals surface area contributed by atoms with Crippen molar-refractivity contribution in [3.63, 3.8) is 0 Å². The zero-order valence-corrected chi connectivity index (χ0v) is 26.4. The lowest BCUT2D eigenvalue weighted by Crippen LogP contribution is -2.54. The summed E-state index contributed by atoms with van der Waals surface area (Å²) in [5.74, 6) is 0.0245. The van der Waals surface area contributed by atoms with Gasteiger partial charge in [0.25, 0.3) is 0 Å². The van der Waals surface area contributed by atoms with Crippen LogP contribution in [0.25, 0.3) is 10.9 Å². The smallest absolute Gasteiger partial charge is 0.240 e. The van der Waals surface area contributed by atoms with Crippen LogP contribution in [0.1, 0.15) is 52.9 Å². The first-order valence-electron chi connectivity index (χ1n) is 15.5. The molecule has 0 aliphatic heterocycles. The second kappa shape index (κ2) is 14.2. The molecule has 5 rings (SSSR count). The number of nitrogens with one attached hydrogen (secondary N) is 3.